The monoisotopic (exact) mass is 289 g/mol. The Kier molecular flexibility index (Phi) is 4.72. The van der Waals surface area contributed by atoms with Crippen LogP contribution in [0.5, 0.6) is 0 Å². The smallest absolute Gasteiger partial charge is 0.404 e. The average molecular weight is 290 g/mol. The van der Waals surface area contributed by atoms with Crippen LogP contribution in [0.1, 0.15) is 11.7 Å². The van der Waals surface area contributed by atoms with Gasteiger partial charge in [-0.2, -0.15) is 0 Å². The van der Waals surface area contributed by atoms with Crippen molar-refractivity contribution >= 4 is 22.0 Å². The van der Waals surface area contributed by atoms with Crippen molar-refractivity contribution in [2.24, 2.45) is 5.73 Å². The van der Waals surface area contributed by atoms with Gasteiger partial charge in [0.05, 0.1) is 6.61 Å². The number of amides is 1. The zero-order chi connectivity index (χ0) is 12.1. The Morgan fingerprint density at radius 3 is 2.44 bits per heavy atom. The molecule has 2 atom stereocenters. The lowest BCUT2D eigenvalue weighted by Crippen LogP contribution is -2.31. The minimum absolute atomic E-state index is 0.500. The first-order chi connectivity index (χ1) is 7.54. The van der Waals surface area contributed by atoms with E-state index in [2.05, 4.69) is 20.7 Å². The van der Waals surface area contributed by atoms with Gasteiger partial charge in [-0.25, -0.2) is 4.79 Å². The zero-order valence-corrected chi connectivity index (χ0v) is 9.92. The molecular formula is C10H12BrNO4. The summed E-state index contributed by atoms with van der Waals surface area (Å²) >= 11 is 3.25. The van der Waals surface area contributed by atoms with Crippen molar-refractivity contribution in [3.63, 3.8) is 0 Å². The van der Waals surface area contributed by atoms with Crippen LogP contribution in [0.4, 0.5) is 4.79 Å². The first-order valence-corrected chi connectivity index (χ1v) is 5.34. The van der Waals surface area contributed by atoms with Gasteiger partial charge < -0.3 is 20.7 Å². The highest BCUT2D eigenvalue weighted by Gasteiger charge is 2.23. The van der Waals surface area contributed by atoms with E-state index >= 15 is 0 Å². The van der Waals surface area contributed by atoms with Gasteiger partial charge in [0.15, 0.2) is 6.10 Å². The van der Waals surface area contributed by atoms with Gasteiger partial charge in [0.2, 0.25) is 0 Å². The summed E-state index contributed by atoms with van der Waals surface area (Å²) in [7, 11) is 0. The van der Waals surface area contributed by atoms with E-state index in [4.69, 9.17) is 10.8 Å². The Balaban J connectivity index is 2.78. The molecule has 4 N–H and O–H groups in total. The fourth-order valence-corrected chi connectivity index (χ4v) is 1.49. The number of aliphatic hydroxyl groups is 2. The van der Waals surface area contributed by atoms with E-state index in [-0.39, 0.29) is 0 Å². The summed E-state index contributed by atoms with van der Waals surface area (Å²) in [6.45, 7) is -0.500. The summed E-state index contributed by atoms with van der Waals surface area (Å²) < 4.78 is 5.43. The van der Waals surface area contributed by atoms with E-state index in [1.54, 1.807) is 24.3 Å². The molecule has 2 unspecified atom stereocenters. The second kappa shape index (κ2) is 5.83. The first kappa shape index (κ1) is 13.0. The Bertz CT molecular complexity index is 354. The highest BCUT2D eigenvalue weighted by atomic mass is 79.9. The van der Waals surface area contributed by atoms with Gasteiger partial charge in [0.25, 0.3) is 0 Å². The molecule has 0 radical (unpaired) electrons. The molecule has 0 aromatic heterocycles. The van der Waals surface area contributed by atoms with Gasteiger partial charge in [0.1, 0.15) is 6.10 Å². The molecule has 0 aliphatic heterocycles. The highest BCUT2D eigenvalue weighted by Crippen LogP contribution is 2.21. The summed E-state index contributed by atoms with van der Waals surface area (Å²) in [6.07, 6.45) is -3.19. The number of carbonyl (C=O) groups excluding carboxylic acids is 1. The Morgan fingerprint density at radius 2 is 2.00 bits per heavy atom. The molecule has 0 saturated carbocycles. The van der Waals surface area contributed by atoms with Crippen LogP contribution in [0.25, 0.3) is 0 Å². The van der Waals surface area contributed by atoms with E-state index in [9.17, 15) is 9.90 Å². The van der Waals surface area contributed by atoms with Crippen molar-refractivity contribution in [2.75, 3.05) is 6.61 Å². The van der Waals surface area contributed by atoms with E-state index in [1.807, 2.05) is 0 Å². The second-order valence-electron chi connectivity index (χ2n) is 3.15. The van der Waals surface area contributed by atoms with Gasteiger partial charge in [-0.15, -0.1) is 0 Å². The van der Waals surface area contributed by atoms with E-state index < -0.39 is 24.9 Å². The number of benzene rings is 1. The summed E-state index contributed by atoms with van der Waals surface area (Å²) in [5.41, 5.74) is 5.35. The summed E-state index contributed by atoms with van der Waals surface area (Å²) in [5.74, 6) is 0. The molecule has 16 heavy (non-hydrogen) atoms. The summed E-state index contributed by atoms with van der Waals surface area (Å²) in [4.78, 5) is 10.5. The minimum atomic E-state index is -1.11. The van der Waals surface area contributed by atoms with Crippen molar-refractivity contribution < 1.29 is 19.7 Å². The lowest BCUT2D eigenvalue weighted by Gasteiger charge is -2.20. The van der Waals surface area contributed by atoms with Gasteiger partial charge in [-0.3, -0.25) is 0 Å². The van der Waals surface area contributed by atoms with Crippen LogP contribution in [0.3, 0.4) is 0 Å². The Labute approximate surface area is 101 Å². The maximum Gasteiger partial charge on any atom is 0.404 e. The van der Waals surface area contributed by atoms with Crippen molar-refractivity contribution in [2.45, 2.75) is 12.2 Å². The van der Waals surface area contributed by atoms with E-state index in [0.29, 0.717) is 5.56 Å². The van der Waals surface area contributed by atoms with Crippen LogP contribution in [0.15, 0.2) is 28.7 Å². The second-order valence-corrected chi connectivity index (χ2v) is 4.07. The number of hydrogen-bond acceptors (Lipinski definition) is 4. The molecule has 1 rings (SSSR count). The zero-order valence-electron chi connectivity index (χ0n) is 8.34. The first-order valence-electron chi connectivity index (χ1n) is 4.55. The fraction of sp³-hybridized carbons (Fsp3) is 0.300. The maximum absolute atomic E-state index is 10.5. The molecule has 1 aromatic rings. The SMILES string of the molecule is NC(=O)OC(CO)C(O)c1ccc(Br)cc1. The van der Waals surface area contributed by atoms with Crippen LogP contribution < -0.4 is 5.73 Å². The van der Waals surface area contributed by atoms with E-state index in [1.165, 1.54) is 0 Å². The molecule has 1 amide bonds. The summed E-state index contributed by atoms with van der Waals surface area (Å²) in [6, 6.07) is 6.78. The number of halogens is 1. The molecule has 0 aliphatic rings. The average Bonchev–Trinajstić information content (AvgIpc) is 2.25. The molecule has 0 bridgehead atoms. The number of rotatable bonds is 4. The van der Waals surface area contributed by atoms with Gasteiger partial charge >= 0.3 is 6.09 Å². The largest absolute Gasteiger partial charge is 0.441 e. The molecule has 1 aromatic carbocycles. The third kappa shape index (κ3) is 3.48. The predicted molar refractivity (Wildman–Crippen MR) is 60.6 cm³/mol. The topological polar surface area (TPSA) is 92.8 Å². The summed E-state index contributed by atoms with van der Waals surface area (Å²) in [5, 5.41) is 18.8. The van der Waals surface area contributed by atoms with Crippen molar-refractivity contribution in [1.29, 1.82) is 0 Å². The molecule has 0 fully saturated rings. The molecule has 6 heteroatoms. The molecule has 0 heterocycles. The quantitative estimate of drug-likeness (QED) is 0.769. The molecule has 5 nitrogen and oxygen atoms in total. The Hall–Kier alpha value is -1.11. The normalized spacial score (nSPS) is 14.2. The third-order valence-corrected chi connectivity index (χ3v) is 2.54. The maximum atomic E-state index is 10.5. The van der Waals surface area contributed by atoms with Gasteiger partial charge in [0, 0.05) is 4.47 Å². The van der Waals surface area contributed by atoms with Crippen molar-refractivity contribution in [1.82, 2.24) is 0 Å². The number of hydrogen-bond donors (Lipinski definition) is 3. The highest BCUT2D eigenvalue weighted by molar-refractivity contribution is 9.10. The predicted octanol–water partition coefficient (Wildman–Crippen LogP) is 0.939. The third-order valence-electron chi connectivity index (χ3n) is 2.01. The lowest BCUT2D eigenvalue weighted by molar-refractivity contribution is -0.0242. The van der Waals surface area contributed by atoms with Gasteiger partial charge in [-0.1, -0.05) is 28.1 Å². The molecule has 88 valence electrons. The van der Waals surface area contributed by atoms with Crippen LogP contribution in [0.2, 0.25) is 0 Å². The van der Waals surface area contributed by atoms with Crippen LogP contribution in [0, 0.1) is 0 Å². The standard InChI is InChI=1S/C10H12BrNO4/c11-7-3-1-6(2-4-7)9(14)8(5-13)16-10(12)15/h1-4,8-9,13-14H,5H2,(H2,12,15). The van der Waals surface area contributed by atoms with Crippen LogP contribution in [-0.2, 0) is 4.74 Å². The minimum Gasteiger partial charge on any atom is -0.441 e. The molecule has 0 spiro atoms. The van der Waals surface area contributed by atoms with Gasteiger partial charge in [-0.05, 0) is 17.7 Å². The van der Waals surface area contributed by atoms with Crippen LogP contribution >= 0.6 is 15.9 Å². The number of nitrogens with two attached hydrogens (primary N) is 1. The molecule has 0 saturated heterocycles. The lowest BCUT2D eigenvalue weighted by atomic mass is 10.1. The van der Waals surface area contributed by atoms with Crippen molar-refractivity contribution in [3.05, 3.63) is 34.3 Å². The fourth-order valence-electron chi connectivity index (χ4n) is 1.23. The Morgan fingerprint density at radius 1 is 1.44 bits per heavy atom. The van der Waals surface area contributed by atoms with Crippen molar-refractivity contribution in [3.8, 4) is 0 Å². The molecule has 0 aliphatic carbocycles. The van der Waals surface area contributed by atoms with Crippen LogP contribution in [-0.4, -0.2) is 29.0 Å². The number of carbonyl (C=O) groups is 1. The number of aliphatic hydroxyl groups excluding tert-OH is 2. The molecular weight excluding hydrogens is 278 g/mol. The van der Waals surface area contributed by atoms with E-state index in [0.717, 1.165) is 4.47 Å². The number of ether oxygens (including phenoxy) is 1. The number of primary amides is 1.